The van der Waals surface area contributed by atoms with Crippen LogP contribution in [0.15, 0.2) is 48.5 Å². The maximum atomic E-state index is 11.3. The van der Waals surface area contributed by atoms with Crippen LogP contribution in [0.5, 0.6) is 0 Å². The minimum absolute atomic E-state index is 0. The van der Waals surface area contributed by atoms with Gasteiger partial charge in [-0.25, -0.2) is 4.79 Å². The van der Waals surface area contributed by atoms with E-state index in [4.69, 9.17) is 4.74 Å². The lowest BCUT2D eigenvalue weighted by molar-refractivity contribution is -0.118. The Morgan fingerprint density at radius 1 is 0.852 bits per heavy atom. The van der Waals surface area contributed by atoms with Gasteiger partial charge in [0.05, 0.1) is 0 Å². The summed E-state index contributed by atoms with van der Waals surface area (Å²) in [7, 11) is 3.17. The first-order valence-corrected chi connectivity index (χ1v) is 7.79. The van der Waals surface area contributed by atoms with Crippen molar-refractivity contribution in [3.63, 3.8) is 0 Å². The molecular weight excluding hydrogens is 340 g/mol. The molecule has 0 fully saturated rings. The number of hydrogen-bond donors (Lipinski definition) is 2. The second-order valence-electron chi connectivity index (χ2n) is 5.38. The molecule has 0 aliphatic heterocycles. The summed E-state index contributed by atoms with van der Waals surface area (Å²) in [6.45, 7) is 1.84. The molecule has 2 amide bonds. The summed E-state index contributed by atoms with van der Waals surface area (Å²) in [5.41, 5.74) is 4.94. The lowest BCUT2D eigenvalue weighted by atomic mass is 9.98. The molecule has 0 aromatic heterocycles. The van der Waals surface area contributed by atoms with Gasteiger partial charge in [0.1, 0.15) is 6.61 Å². The Balaban J connectivity index is 0. The number of alkyl carbamates (subject to hydrolysis) is 1. The van der Waals surface area contributed by atoms with Crippen LogP contribution >= 0.6 is 0 Å². The molecule has 0 unspecified atom stereocenters. The molecule has 0 atom stereocenters. The molecular formula is C22H34N2O3. The van der Waals surface area contributed by atoms with Crippen LogP contribution in [0.3, 0.4) is 0 Å². The van der Waals surface area contributed by atoms with Crippen LogP contribution in [0.25, 0.3) is 11.1 Å². The van der Waals surface area contributed by atoms with Crippen molar-refractivity contribution in [1.29, 1.82) is 0 Å². The number of ether oxygens (including phenoxy) is 1. The molecule has 2 N–H and O–H groups in total. The standard InChI is InChI=1S/C16H15NO2.C3H7NO.3CH4/c1-17-16(18)19-10-15-13-8-4-2-6-11(13)12-7-3-5-9-14(12)15;1-3(5)4-2;;;/h2-9,15H,10H2,1H3,(H,17,18);1-2H3,(H,4,5);3*1H4. The predicted molar refractivity (Wildman–Crippen MR) is 114 cm³/mol. The summed E-state index contributed by atoms with van der Waals surface area (Å²) < 4.78 is 5.24. The molecule has 150 valence electrons. The Morgan fingerprint density at radius 3 is 1.63 bits per heavy atom. The van der Waals surface area contributed by atoms with Gasteiger partial charge in [0.2, 0.25) is 5.91 Å². The van der Waals surface area contributed by atoms with Crippen LogP contribution in [0.1, 0.15) is 46.2 Å². The monoisotopic (exact) mass is 374 g/mol. The Hall–Kier alpha value is -2.82. The third-order valence-corrected chi connectivity index (χ3v) is 3.90. The van der Waals surface area contributed by atoms with Crippen LogP contribution in [-0.2, 0) is 9.53 Å². The summed E-state index contributed by atoms with van der Waals surface area (Å²) in [6.07, 6.45) is -0.387. The fourth-order valence-electron chi connectivity index (χ4n) is 2.67. The summed E-state index contributed by atoms with van der Waals surface area (Å²) >= 11 is 0. The van der Waals surface area contributed by atoms with Crippen LogP contribution in [-0.4, -0.2) is 32.7 Å². The summed E-state index contributed by atoms with van der Waals surface area (Å²) in [5.74, 6) is 0.134. The minimum Gasteiger partial charge on any atom is -0.449 e. The molecule has 2 aromatic carbocycles. The van der Waals surface area contributed by atoms with E-state index in [0.717, 1.165) is 0 Å². The highest BCUT2D eigenvalue weighted by Crippen LogP contribution is 2.44. The first-order chi connectivity index (χ1) is 11.6. The van der Waals surface area contributed by atoms with Crippen molar-refractivity contribution in [3.8, 4) is 11.1 Å². The van der Waals surface area contributed by atoms with Gasteiger partial charge in [0.15, 0.2) is 0 Å². The topological polar surface area (TPSA) is 67.4 Å². The summed E-state index contributed by atoms with van der Waals surface area (Å²) in [4.78, 5) is 21.0. The predicted octanol–water partition coefficient (Wildman–Crippen LogP) is 4.82. The quantitative estimate of drug-likeness (QED) is 0.792. The summed E-state index contributed by atoms with van der Waals surface area (Å²) in [6, 6.07) is 16.6. The van der Waals surface area contributed by atoms with Crippen molar-refractivity contribution in [2.75, 3.05) is 20.7 Å². The molecule has 5 heteroatoms. The van der Waals surface area contributed by atoms with E-state index in [0.29, 0.717) is 6.61 Å². The number of benzene rings is 2. The highest BCUT2D eigenvalue weighted by Gasteiger charge is 2.28. The van der Waals surface area contributed by atoms with Crippen molar-refractivity contribution >= 4 is 12.0 Å². The maximum absolute atomic E-state index is 11.3. The Bertz CT molecular complexity index is 684. The van der Waals surface area contributed by atoms with E-state index in [2.05, 4.69) is 34.9 Å². The zero-order valence-corrected chi connectivity index (χ0v) is 14.1. The largest absolute Gasteiger partial charge is 0.449 e. The Kier molecular flexibility index (Phi) is 12.2. The number of carbonyl (C=O) groups excluding carboxylic acids is 2. The second kappa shape index (κ2) is 12.5. The van der Waals surface area contributed by atoms with E-state index in [-0.39, 0.29) is 40.2 Å². The van der Waals surface area contributed by atoms with Gasteiger partial charge in [-0.2, -0.15) is 0 Å². The zero-order chi connectivity index (χ0) is 17.5. The van der Waals surface area contributed by atoms with Crippen molar-refractivity contribution in [2.45, 2.75) is 35.1 Å². The van der Waals surface area contributed by atoms with Crippen molar-refractivity contribution in [3.05, 3.63) is 59.7 Å². The maximum Gasteiger partial charge on any atom is 0.406 e. The number of carbonyl (C=O) groups is 2. The molecule has 2 aromatic rings. The van der Waals surface area contributed by atoms with Gasteiger partial charge < -0.3 is 15.4 Å². The van der Waals surface area contributed by atoms with Gasteiger partial charge in [-0.3, -0.25) is 4.79 Å². The van der Waals surface area contributed by atoms with E-state index in [1.165, 1.54) is 29.2 Å². The van der Waals surface area contributed by atoms with Gasteiger partial charge >= 0.3 is 6.09 Å². The fourth-order valence-corrected chi connectivity index (χ4v) is 2.67. The third kappa shape index (κ3) is 6.44. The SMILES string of the molecule is C.C.C.CNC(=O)OCC1c2ccccc2-c2ccccc21.CNC(C)=O. The highest BCUT2D eigenvalue weighted by molar-refractivity contribution is 5.79. The van der Waals surface area contributed by atoms with Crippen LogP contribution in [0, 0.1) is 0 Å². The molecule has 5 nitrogen and oxygen atoms in total. The van der Waals surface area contributed by atoms with Crippen LogP contribution < -0.4 is 10.6 Å². The zero-order valence-electron chi connectivity index (χ0n) is 14.1. The van der Waals surface area contributed by atoms with Gasteiger partial charge in [0.25, 0.3) is 0 Å². The molecule has 0 saturated carbocycles. The van der Waals surface area contributed by atoms with E-state index in [1.807, 2.05) is 24.3 Å². The molecule has 1 aliphatic rings. The fraction of sp³-hybridized carbons (Fsp3) is 0.364. The highest BCUT2D eigenvalue weighted by atomic mass is 16.5. The van der Waals surface area contributed by atoms with Gasteiger partial charge in [0, 0.05) is 26.9 Å². The van der Waals surface area contributed by atoms with Crippen LogP contribution in [0.4, 0.5) is 4.79 Å². The smallest absolute Gasteiger partial charge is 0.406 e. The minimum atomic E-state index is -0.387. The van der Waals surface area contributed by atoms with Crippen molar-refractivity contribution in [1.82, 2.24) is 10.6 Å². The molecule has 0 spiro atoms. The lowest BCUT2D eigenvalue weighted by Crippen LogP contribution is -2.21. The van der Waals surface area contributed by atoms with Gasteiger partial charge in [-0.1, -0.05) is 70.8 Å². The molecule has 27 heavy (non-hydrogen) atoms. The molecule has 0 saturated heterocycles. The van der Waals surface area contributed by atoms with E-state index in [1.54, 1.807) is 14.1 Å². The van der Waals surface area contributed by atoms with Crippen molar-refractivity contribution < 1.29 is 14.3 Å². The number of fused-ring (bicyclic) bond motifs is 3. The average molecular weight is 375 g/mol. The Labute approximate surface area is 164 Å². The molecule has 0 radical (unpaired) electrons. The Morgan fingerprint density at radius 2 is 1.26 bits per heavy atom. The molecule has 0 bridgehead atoms. The van der Waals surface area contributed by atoms with Crippen molar-refractivity contribution in [2.24, 2.45) is 0 Å². The second-order valence-corrected chi connectivity index (χ2v) is 5.38. The van der Waals surface area contributed by atoms with E-state index >= 15 is 0 Å². The average Bonchev–Trinajstić information content (AvgIpc) is 2.94. The van der Waals surface area contributed by atoms with Gasteiger partial charge in [-0.15, -0.1) is 0 Å². The first-order valence-electron chi connectivity index (χ1n) is 7.79. The summed E-state index contributed by atoms with van der Waals surface area (Å²) in [5, 5.41) is 4.86. The van der Waals surface area contributed by atoms with E-state index in [9.17, 15) is 9.59 Å². The lowest BCUT2D eigenvalue weighted by Gasteiger charge is -2.13. The molecule has 1 aliphatic carbocycles. The number of hydrogen-bond acceptors (Lipinski definition) is 3. The number of amides is 2. The number of nitrogens with one attached hydrogen (secondary N) is 2. The van der Waals surface area contributed by atoms with Gasteiger partial charge in [-0.05, 0) is 22.3 Å². The van der Waals surface area contributed by atoms with E-state index < -0.39 is 0 Å². The first kappa shape index (κ1) is 26.4. The normalized spacial score (nSPS) is 10.2. The molecule has 3 rings (SSSR count). The third-order valence-electron chi connectivity index (χ3n) is 3.90. The number of rotatable bonds is 2. The molecule has 0 heterocycles. The van der Waals surface area contributed by atoms with Crippen LogP contribution in [0.2, 0.25) is 0 Å².